The van der Waals surface area contributed by atoms with Crippen LogP contribution in [0.25, 0.3) is 0 Å². The van der Waals surface area contributed by atoms with E-state index < -0.39 is 143 Å². The van der Waals surface area contributed by atoms with Crippen LogP contribution in [0.1, 0.15) is 114 Å². The summed E-state index contributed by atoms with van der Waals surface area (Å²) in [5, 5.41) is 44.9. The summed E-state index contributed by atoms with van der Waals surface area (Å²) in [4.78, 5) is 114. The smallest absolute Gasteiger partial charge is 0.336 e. The number of ketones is 3. The van der Waals surface area contributed by atoms with Crippen LogP contribution in [0.2, 0.25) is 0 Å². The molecule has 380 valence electrons. The molecule has 5 saturated heterocycles. The molecule has 4 amide bonds. The number of hydrogen-bond donors (Lipinski definition) is 4. The molecule has 6 fully saturated rings. The predicted octanol–water partition coefficient (Wildman–Crippen LogP) is 1.31. The Morgan fingerprint density at radius 1 is 0.915 bits per heavy atom. The molecule has 10 atom stereocenters. The minimum Gasteiger partial charge on any atom is -0.507 e. The van der Waals surface area contributed by atoms with E-state index in [1.165, 1.54) is 49.1 Å². The number of ether oxygens (including phenoxy) is 6. The third-order valence-corrected chi connectivity index (χ3v) is 16.6. The lowest BCUT2D eigenvalue weighted by molar-refractivity contribution is -0.257. The first-order chi connectivity index (χ1) is 34.0. The molecular formula is C48H53N3O19S. The average molecular weight is 1010 g/mol. The Balaban J connectivity index is 0.865. The number of phenolic OH excluding ortho intramolecular Hbond substituents is 2. The third kappa shape index (κ3) is 8.31. The van der Waals surface area contributed by atoms with Gasteiger partial charge >= 0.3 is 5.97 Å². The molecule has 22 nitrogen and oxygen atoms in total. The number of benzene rings is 2. The summed E-state index contributed by atoms with van der Waals surface area (Å²) in [7, 11) is 2.77. The monoisotopic (exact) mass is 1010 g/mol. The number of imide groups is 2. The van der Waals surface area contributed by atoms with E-state index >= 15 is 0 Å². The van der Waals surface area contributed by atoms with E-state index in [4.69, 9.17) is 33.3 Å². The van der Waals surface area contributed by atoms with Crippen molar-refractivity contribution in [3.63, 3.8) is 0 Å². The van der Waals surface area contributed by atoms with Crippen LogP contribution >= 0.6 is 11.8 Å². The quantitative estimate of drug-likeness (QED) is 0.147. The predicted molar refractivity (Wildman–Crippen MR) is 238 cm³/mol. The Kier molecular flexibility index (Phi) is 13.1. The summed E-state index contributed by atoms with van der Waals surface area (Å²) in [6.07, 6.45) is -5.05. The van der Waals surface area contributed by atoms with Crippen LogP contribution < -0.4 is 4.74 Å². The second kappa shape index (κ2) is 18.9. The summed E-state index contributed by atoms with van der Waals surface area (Å²) < 4.78 is 36.7. The second-order valence-corrected chi connectivity index (χ2v) is 20.7. The number of thioether (sulfide) groups is 1. The highest BCUT2D eigenvalue weighted by molar-refractivity contribution is 8.01. The zero-order valence-electron chi connectivity index (χ0n) is 38.9. The Labute approximate surface area is 409 Å². The summed E-state index contributed by atoms with van der Waals surface area (Å²) in [5.41, 5.74) is -4.02. The van der Waals surface area contributed by atoms with Crippen molar-refractivity contribution in [2.45, 2.75) is 131 Å². The van der Waals surface area contributed by atoms with Crippen LogP contribution in [-0.2, 0) is 63.7 Å². The maximum Gasteiger partial charge on any atom is 0.336 e. The number of fused-ring (bicyclic) bond motifs is 6. The number of carbonyl (C=O) groups excluding carboxylic acids is 8. The number of likely N-dealkylation sites (tertiary alicyclic amines) is 1. The number of carbonyl (C=O) groups is 8. The number of aliphatic hydroxyl groups excluding tert-OH is 1. The van der Waals surface area contributed by atoms with Crippen LogP contribution in [0, 0.1) is 11.8 Å². The number of aromatic hydroxyl groups is 2. The fraction of sp³-hybridized carbons (Fsp3) is 0.583. The van der Waals surface area contributed by atoms with Gasteiger partial charge in [-0.3, -0.25) is 43.4 Å². The first-order valence-electron chi connectivity index (χ1n) is 23.7. The van der Waals surface area contributed by atoms with Gasteiger partial charge in [0.15, 0.2) is 30.4 Å². The van der Waals surface area contributed by atoms with Crippen molar-refractivity contribution in [2.24, 2.45) is 11.8 Å². The fourth-order valence-electron chi connectivity index (χ4n) is 11.6. The number of hydrogen-bond acceptors (Lipinski definition) is 21. The highest BCUT2D eigenvalue weighted by atomic mass is 32.2. The van der Waals surface area contributed by atoms with Gasteiger partial charge in [-0.05, 0) is 44.6 Å². The van der Waals surface area contributed by atoms with Gasteiger partial charge in [0.2, 0.25) is 17.6 Å². The maximum absolute atomic E-state index is 14.2. The molecule has 2 unspecified atom stereocenters. The van der Waals surface area contributed by atoms with Gasteiger partial charge in [0.25, 0.3) is 11.8 Å². The van der Waals surface area contributed by atoms with Crippen molar-refractivity contribution in [2.75, 3.05) is 34.0 Å². The van der Waals surface area contributed by atoms with Crippen molar-refractivity contribution in [3.05, 3.63) is 51.6 Å². The Morgan fingerprint density at radius 2 is 1.63 bits per heavy atom. The van der Waals surface area contributed by atoms with Gasteiger partial charge < -0.3 is 53.7 Å². The summed E-state index contributed by atoms with van der Waals surface area (Å²) in [5.74, 6) is -7.16. The molecule has 2 aromatic carbocycles. The SMILES string of the molecule is COc1cccc2c1C(=O)c1c(O)c3c(c(O)c1C2=O)C[C@@](O)(C(=O)CO)C[C@@H]3O[C@H]1C[C@H]2[C@H](O[C@@H]3[C@@H](OC)OCC(SC4CC(=O)N(CC5CCC(C(=O)ON6C(=O)CCC6=O)CC5)C4=O)N32)[C@H](C)O1. The number of methoxy groups -OCH3 is 2. The van der Waals surface area contributed by atoms with E-state index in [1.807, 2.05) is 4.90 Å². The molecule has 3 aliphatic carbocycles. The van der Waals surface area contributed by atoms with E-state index in [-0.39, 0.29) is 84.6 Å². The molecule has 0 spiro atoms. The first kappa shape index (κ1) is 49.2. The van der Waals surface area contributed by atoms with Crippen LogP contribution in [0.3, 0.4) is 0 Å². The third-order valence-electron chi connectivity index (χ3n) is 15.2. The van der Waals surface area contributed by atoms with Crippen LogP contribution in [-0.4, -0.2) is 169 Å². The van der Waals surface area contributed by atoms with Gasteiger partial charge in [-0.2, -0.15) is 0 Å². The zero-order chi connectivity index (χ0) is 50.4. The van der Waals surface area contributed by atoms with Gasteiger partial charge in [0, 0.05) is 74.9 Å². The molecule has 4 N–H and O–H groups in total. The highest BCUT2D eigenvalue weighted by Gasteiger charge is 2.59. The molecule has 0 bridgehead atoms. The molecule has 71 heavy (non-hydrogen) atoms. The maximum atomic E-state index is 14.2. The van der Waals surface area contributed by atoms with Gasteiger partial charge in [0.05, 0.1) is 59.2 Å². The highest BCUT2D eigenvalue weighted by Crippen LogP contribution is 2.53. The fourth-order valence-corrected chi connectivity index (χ4v) is 13.1. The molecule has 2 aromatic rings. The minimum atomic E-state index is -2.36. The summed E-state index contributed by atoms with van der Waals surface area (Å²) in [6, 6.07) is 3.82. The number of hydroxylamine groups is 2. The van der Waals surface area contributed by atoms with E-state index in [2.05, 4.69) is 0 Å². The van der Waals surface area contributed by atoms with Crippen molar-refractivity contribution < 1.29 is 92.0 Å². The number of nitrogens with zero attached hydrogens (tertiary/aromatic N) is 3. The Bertz CT molecular complexity index is 2600. The van der Waals surface area contributed by atoms with Crippen molar-refractivity contribution in [1.29, 1.82) is 0 Å². The zero-order valence-corrected chi connectivity index (χ0v) is 39.8. The number of aliphatic hydroxyl groups is 2. The van der Waals surface area contributed by atoms with Gasteiger partial charge in [0.1, 0.15) is 35.6 Å². The Morgan fingerprint density at radius 3 is 2.32 bits per heavy atom. The topological polar surface area (TPSA) is 292 Å². The number of rotatable bonds is 12. The number of phenols is 2. The standard InChI is InChI=1S/C48H53N3O19S/c1-20-43-25(13-34(67-20)68-27-16-48(63,29(53)18-52)15-24-36(27)42(60)38-37(40(24)58)39(57)23-5-4-6-26(64-2)35(23)41(38)59)50-33(19-66-47(65-3)45(50)69-43)71-28-14-32(56)49(44(28)61)17-21-7-9-22(10-8-21)46(62)70-51-30(54)11-12-31(51)55/h4-6,20-22,25,27-28,33-34,43,45,47,52,58,60,63H,7-19H2,1-3H3/t20-,21?,22?,25-,27-,28?,33?,34-,43+,45+,47-,48-/m0/s1. The van der Waals surface area contributed by atoms with Crippen LogP contribution in [0.4, 0.5) is 0 Å². The molecule has 8 aliphatic rings. The molecule has 1 saturated carbocycles. The van der Waals surface area contributed by atoms with E-state index in [0.717, 1.165) is 0 Å². The van der Waals surface area contributed by atoms with E-state index in [9.17, 15) is 58.8 Å². The van der Waals surface area contributed by atoms with Gasteiger partial charge in [-0.15, -0.1) is 16.8 Å². The number of Topliss-reactive ketones (excluding diaryl/α,β-unsaturated/α-hetero) is 1. The lowest BCUT2D eigenvalue weighted by atomic mass is 9.72. The number of amides is 4. The van der Waals surface area contributed by atoms with E-state index in [0.29, 0.717) is 30.7 Å². The molecule has 0 radical (unpaired) electrons. The van der Waals surface area contributed by atoms with Crippen molar-refractivity contribution in [3.8, 4) is 17.2 Å². The Hall–Kier alpha value is -5.37. The van der Waals surface area contributed by atoms with Crippen molar-refractivity contribution >= 4 is 58.7 Å². The van der Waals surface area contributed by atoms with Gasteiger partial charge in [-0.25, -0.2) is 4.79 Å². The largest absolute Gasteiger partial charge is 0.507 e. The van der Waals surface area contributed by atoms with Gasteiger partial charge in [-0.1, -0.05) is 12.1 Å². The van der Waals surface area contributed by atoms with Crippen LogP contribution in [0.15, 0.2) is 18.2 Å². The first-order valence-corrected chi connectivity index (χ1v) is 24.6. The lowest BCUT2D eigenvalue weighted by Gasteiger charge is -2.45. The molecule has 0 aromatic heterocycles. The summed E-state index contributed by atoms with van der Waals surface area (Å²) in [6.45, 7) is 0.878. The minimum absolute atomic E-state index is 0.0113. The number of morpholine rings is 1. The lowest BCUT2D eigenvalue weighted by Crippen LogP contribution is -2.59. The molecular weight excluding hydrogens is 955 g/mol. The van der Waals surface area contributed by atoms with E-state index in [1.54, 1.807) is 6.92 Å². The summed E-state index contributed by atoms with van der Waals surface area (Å²) >= 11 is 1.25. The molecule has 10 rings (SSSR count). The molecule has 5 aliphatic heterocycles. The normalized spacial score (nSPS) is 33.7. The van der Waals surface area contributed by atoms with Crippen molar-refractivity contribution in [1.82, 2.24) is 14.9 Å². The molecule has 23 heteroatoms. The average Bonchev–Trinajstić information content (AvgIpc) is 3.99. The molecule has 5 heterocycles. The second-order valence-electron chi connectivity index (χ2n) is 19.3. The van der Waals surface area contributed by atoms with Crippen LogP contribution in [0.5, 0.6) is 17.2 Å².